The van der Waals surface area contributed by atoms with Gasteiger partial charge >= 0.3 is 0 Å². The van der Waals surface area contributed by atoms with Gasteiger partial charge in [-0.25, -0.2) is 4.39 Å². The molecular formula is C12H18FNO2. The lowest BCUT2D eigenvalue weighted by molar-refractivity contribution is 0.271. The second-order valence-electron chi connectivity index (χ2n) is 3.92. The first kappa shape index (κ1) is 12.9. The molecule has 0 spiro atoms. The standard InChI is InChI=1S/C12H18FNO2/c1-14(2)6-3-7-16-11-5-4-10(9-15)12(13)8-11/h4-5,8,15H,3,6-7,9H2,1-2H3. The molecule has 16 heavy (non-hydrogen) atoms. The Kier molecular flexibility index (Phi) is 5.22. The summed E-state index contributed by atoms with van der Waals surface area (Å²) in [5.41, 5.74) is 0.292. The van der Waals surface area contributed by atoms with Gasteiger partial charge < -0.3 is 14.7 Å². The smallest absolute Gasteiger partial charge is 0.132 e. The van der Waals surface area contributed by atoms with Crippen LogP contribution < -0.4 is 4.74 Å². The van der Waals surface area contributed by atoms with Crippen LogP contribution >= 0.6 is 0 Å². The van der Waals surface area contributed by atoms with Crippen molar-refractivity contribution in [3.8, 4) is 5.75 Å². The second kappa shape index (κ2) is 6.45. The summed E-state index contributed by atoms with van der Waals surface area (Å²) in [6, 6.07) is 4.52. The molecule has 0 radical (unpaired) electrons. The quantitative estimate of drug-likeness (QED) is 0.750. The van der Waals surface area contributed by atoms with Gasteiger partial charge in [0.25, 0.3) is 0 Å². The first-order chi connectivity index (χ1) is 7.63. The van der Waals surface area contributed by atoms with E-state index in [4.69, 9.17) is 9.84 Å². The van der Waals surface area contributed by atoms with Gasteiger partial charge in [-0.1, -0.05) is 6.07 Å². The van der Waals surface area contributed by atoms with Crippen LogP contribution in [-0.2, 0) is 6.61 Å². The van der Waals surface area contributed by atoms with Crippen molar-refractivity contribution in [1.29, 1.82) is 0 Å². The summed E-state index contributed by atoms with van der Waals surface area (Å²) >= 11 is 0. The maximum absolute atomic E-state index is 13.2. The Bertz CT molecular complexity index is 329. The third-order valence-corrected chi connectivity index (χ3v) is 2.21. The highest BCUT2D eigenvalue weighted by molar-refractivity contribution is 5.28. The summed E-state index contributed by atoms with van der Waals surface area (Å²) in [5, 5.41) is 8.80. The molecule has 4 heteroatoms. The van der Waals surface area contributed by atoms with Gasteiger partial charge in [0, 0.05) is 18.2 Å². The summed E-state index contributed by atoms with van der Waals surface area (Å²) in [6.45, 7) is 1.22. The Balaban J connectivity index is 2.40. The Morgan fingerprint density at radius 1 is 1.38 bits per heavy atom. The minimum Gasteiger partial charge on any atom is -0.493 e. The number of halogens is 1. The van der Waals surface area contributed by atoms with Crippen LogP contribution in [-0.4, -0.2) is 37.3 Å². The number of ether oxygens (including phenoxy) is 1. The van der Waals surface area contributed by atoms with Crippen LogP contribution in [0.1, 0.15) is 12.0 Å². The molecule has 0 saturated heterocycles. The van der Waals surface area contributed by atoms with E-state index in [0.29, 0.717) is 17.9 Å². The molecule has 0 atom stereocenters. The number of nitrogens with zero attached hydrogens (tertiary/aromatic N) is 1. The molecular weight excluding hydrogens is 209 g/mol. The molecule has 0 saturated carbocycles. The molecule has 0 unspecified atom stereocenters. The lowest BCUT2D eigenvalue weighted by Gasteiger charge is -2.10. The largest absolute Gasteiger partial charge is 0.493 e. The molecule has 0 aliphatic rings. The molecule has 0 heterocycles. The highest BCUT2D eigenvalue weighted by atomic mass is 19.1. The SMILES string of the molecule is CN(C)CCCOc1ccc(CO)c(F)c1. The van der Waals surface area contributed by atoms with Gasteiger partial charge in [-0.15, -0.1) is 0 Å². The minimum absolute atomic E-state index is 0.285. The van der Waals surface area contributed by atoms with Crippen molar-refractivity contribution >= 4 is 0 Å². The Hall–Kier alpha value is -1.13. The van der Waals surface area contributed by atoms with E-state index in [1.165, 1.54) is 12.1 Å². The number of benzene rings is 1. The fourth-order valence-electron chi connectivity index (χ4n) is 1.32. The van der Waals surface area contributed by atoms with Crippen molar-refractivity contribution in [2.45, 2.75) is 13.0 Å². The number of hydrogen-bond donors (Lipinski definition) is 1. The zero-order valence-electron chi connectivity index (χ0n) is 9.74. The molecule has 0 aliphatic carbocycles. The van der Waals surface area contributed by atoms with E-state index in [1.54, 1.807) is 6.07 Å². The zero-order chi connectivity index (χ0) is 12.0. The molecule has 0 fully saturated rings. The third-order valence-electron chi connectivity index (χ3n) is 2.21. The van der Waals surface area contributed by atoms with E-state index < -0.39 is 5.82 Å². The topological polar surface area (TPSA) is 32.7 Å². The molecule has 3 nitrogen and oxygen atoms in total. The van der Waals surface area contributed by atoms with E-state index in [9.17, 15) is 4.39 Å². The van der Waals surface area contributed by atoms with Gasteiger partial charge in [-0.3, -0.25) is 0 Å². The van der Waals surface area contributed by atoms with E-state index >= 15 is 0 Å². The van der Waals surface area contributed by atoms with Crippen molar-refractivity contribution in [1.82, 2.24) is 4.90 Å². The van der Waals surface area contributed by atoms with Gasteiger partial charge in [0.2, 0.25) is 0 Å². The van der Waals surface area contributed by atoms with E-state index in [1.807, 2.05) is 14.1 Å². The number of hydrogen-bond acceptors (Lipinski definition) is 3. The normalized spacial score (nSPS) is 10.8. The van der Waals surface area contributed by atoms with Crippen LogP contribution in [0.4, 0.5) is 4.39 Å². The summed E-state index contributed by atoms with van der Waals surface area (Å²) in [6.07, 6.45) is 0.899. The van der Waals surface area contributed by atoms with E-state index in [-0.39, 0.29) is 6.61 Å². The Labute approximate surface area is 95.5 Å². The van der Waals surface area contributed by atoms with Crippen molar-refractivity contribution < 1.29 is 14.2 Å². The zero-order valence-corrected chi connectivity index (χ0v) is 9.74. The highest BCUT2D eigenvalue weighted by Gasteiger charge is 2.02. The summed E-state index contributed by atoms with van der Waals surface area (Å²) in [7, 11) is 3.99. The Morgan fingerprint density at radius 3 is 2.69 bits per heavy atom. The van der Waals surface area contributed by atoms with Crippen LogP contribution in [0.2, 0.25) is 0 Å². The van der Waals surface area contributed by atoms with Crippen LogP contribution in [0.25, 0.3) is 0 Å². The molecule has 0 bridgehead atoms. The van der Waals surface area contributed by atoms with Gasteiger partial charge in [-0.05, 0) is 26.6 Å². The van der Waals surface area contributed by atoms with E-state index in [2.05, 4.69) is 4.90 Å². The van der Waals surface area contributed by atoms with Gasteiger partial charge in [-0.2, -0.15) is 0 Å². The molecule has 0 aliphatic heterocycles. The second-order valence-corrected chi connectivity index (χ2v) is 3.92. The lowest BCUT2D eigenvalue weighted by atomic mass is 10.2. The predicted molar refractivity (Wildman–Crippen MR) is 61.0 cm³/mol. The van der Waals surface area contributed by atoms with Gasteiger partial charge in [0.1, 0.15) is 11.6 Å². The number of aliphatic hydroxyl groups is 1. The lowest BCUT2D eigenvalue weighted by Crippen LogP contribution is -2.15. The fraction of sp³-hybridized carbons (Fsp3) is 0.500. The van der Waals surface area contributed by atoms with Crippen LogP contribution in [0.5, 0.6) is 5.75 Å². The number of rotatable bonds is 6. The third kappa shape index (κ3) is 4.16. The van der Waals surface area contributed by atoms with Crippen LogP contribution in [0.15, 0.2) is 18.2 Å². The highest BCUT2D eigenvalue weighted by Crippen LogP contribution is 2.16. The van der Waals surface area contributed by atoms with Crippen molar-refractivity contribution in [3.05, 3.63) is 29.6 Å². The molecule has 1 aromatic rings. The minimum atomic E-state index is -0.424. The molecule has 0 aromatic heterocycles. The summed E-state index contributed by atoms with van der Waals surface area (Å²) in [4.78, 5) is 2.07. The van der Waals surface area contributed by atoms with Gasteiger partial charge in [0.15, 0.2) is 0 Å². The average molecular weight is 227 g/mol. The molecule has 1 N–H and O–H groups in total. The predicted octanol–water partition coefficient (Wildman–Crippen LogP) is 1.65. The molecule has 0 amide bonds. The average Bonchev–Trinajstić information content (AvgIpc) is 2.24. The van der Waals surface area contributed by atoms with Crippen LogP contribution in [0, 0.1) is 5.82 Å². The van der Waals surface area contributed by atoms with Crippen molar-refractivity contribution in [2.75, 3.05) is 27.2 Å². The fourth-order valence-corrected chi connectivity index (χ4v) is 1.32. The summed E-state index contributed by atoms with van der Waals surface area (Å²) < 4.78 is 18.6. The van der Waals surface area contributed by atoms with Crippen molar-refractivity contribution in [3.63, 3.8) is 0 Å². The van der Waals surface area contributed by atoms with E-state index in [0.717, 1.165) is 13.0 Å². The molecule has 1 aromatic carbocycles. The Morgan fingerprint density at radius 2 is 2.12 bits per heavy atom. The first-order valence-electron chi connectivity index (χ1n) is 5.30. The maximum Gasteiger partial charge on any atom is 0.132 e. The maximum atomic E-state index is 13.2. The summed E-state index contributed by atoms with van der Waals surface area (Å²) in [5.74, 6) is 0.0843. The molecule has 1 rings (SSSR count). The molecule has 90 valence electrons. The van der Waals surface area contributed by atoms with Crippen LogP contribution in [0.3, 0.4) is 0 Å². The number of aliphatic hydroxyl groups excluding tert-OH is 1. The van der Waals surface area contributed by atoms with Crippen molar-refractivity contribution in [2.24, 2.45) is 0 Å². The monoisotopic (exact) mass is 227 g/mol. The first-order valence-corrected chi connectivity index (χ1v) is 5.30. The van der Waals surface area contributed by atoms with Gasteiger partial charge in [0.05, 0.1) is 13.2 Å².